The maximum absolute atomic E-state index is 2.77. The van der Waals surface area contributed by atoms with Crippen molar-refractivity contribution in [3.63, 3.8) is 0 Å². The van der Waals surface area contributed by atoms with Gasteiger partial charge in [0.15, 0.2) is 0 Å². The van der Waals surface area contributed by atoms with Gasteiger partial charge in [-0.25, -0.2) is 0 Å². The van der Waals surface area contributed by atoms with Gasteiger partial charge in [0.25, 0.3) is 0 Å². The highest BCUT2D eigenvalue weighted by molar-refractivity contribution is 5.85. The number of benzene rings is 3. The Morgan fingerprint density at radius 3 is 1.41 bits per heavy atom. The summed E-state index contributed by atoms with van der Waals surface area (Å²) in [5.74, 6) is 0.926. The zero-order valence-electron chi connectivity index (χ0n) is 16.9. The van der Waals surface area contributed by atoms with Crippen LogP contribution in [0.5, 0.6) is 0 Å². The first-order valence-electron chi connectivity index (χ1n) is 10.8. The van der Waals surface area contributed by atoms with Crippen molar-refractivity contribution in [2.24, 2.45) is 5.92 Å². The number of halogens is 1. The van der Waals surface area contributed by atoms with Crippen LogP contribution in [-0.4, -0.2) is 24.0 Å². The molecule has 1 atom stereocenters. The summed E-state index contributed by atoms with van der Waals surface area (Å²) < 4.78 is 0. The van der Waals surface area contributed by atoms with Crippen LogP contribution in [-0.2, 0) is 5.41 Å². The molecule has 0 radical (unpaired) electrons. The van der Waals surface area contributed by atoms with Gasteiger partial charge in [0, 0.05) is 11.5 Å². The van der Waals surface area contributed by atoms with Gasteiger partial charge in [-0.2, -0.15) is 0 Å². The standard InChI is InChI=1S/C27H29N.ClH/c1-4-10-23(11-5-1)27(24-12-6-2-7-13-24,25-14-8-3-9-15-25)21-26-20-22-16-18-28(26)19-17-22;/h1-15,22,26H,16-21H2;1H. The van der Waals surface area contributed by atoms with E-state index in [1.807, 2.05) is 0 Å². The lowest BCUT2D eigenvalue weighted by Gasteiger charge is -2.49. The lowest BCUT2D eigenvalue weighted by molar-refractivity contribution is 0.0382. The Balaban J connectivity index is 0.00000205. The summed E-state index contributed by atoms with van der Waals surface area (Å²) in [5, 5.41) is 0. The Morgan fingerprint density at radius 2 is 1.07 bits per heavy atom. The van der Waals surface area contributed by atoms with E-state index in [2.05, 4.69) is 95.9 Å². The fourth-order valence-electron chi connectivity index (χ4n) is 5.68. The van der Waals surface area contributed by atoms with Crippen molar-refractivity contribution >= 4 is 12.4 Å². The molecular formula is C27H30ClN. The van der Waals surface area contributed by atoms with Crippen molar-refractivity contribution in [2.45, 2.75) is 37.1 Å². The highest BCUT2D eigenvalue weighted by Gasteiger charge is 2.43. The summed E-state index contributed by atoms with van der Waals surface area (Å²) in [6, 6.07) is 34.2. The number of hydrogen-bond acceptors (Lipinski definition) is 1. The molecule has 1 unspecified atom stereocenters. The molecular weight excluding hydrogens is 374 g/mol. The van der Waals surface area contributed by atoms with Crippen molar-refractivity contribution in [3.8, 4) is 0 Å². The van der Waals surface area contributed by atoms with E-state index in [0.717, 1.165) is 12.3 Å². The first-order chi connectivity index (χ1) is 13.9. The predicted molar refractivity (Wildman–Crippen MR) is 124 cm³/mol. The molecule has 3 aromatic carbocycles. The van der Waals surface area contributed by atoms with Crippen molar-refractivity contribution in [1.82, 2.24) is 4.90 Å². The molecule has 2 heteroatoms. The SMILES string of the molecule is Cl.c1ccc(C(CC2CC3CCN2CC3)(c2ccccc2)c2ccccc2)cc1. The zero-order valence-corrected chi connectivity index (χ0v) is 17.7. The van der Waals surface area contributed by atoms with Crippen LogP contribution >= 0.6 is 12.4 Å². The highest BCUT2D eigenvalue weighted by Crippen LogP contribution is 2.46. The minimum Gasteiger partial charge on any atom is -0.300 e. The Hall–Kier alpha value is -2.09. The monoisotopic (exact) mass is 403 g/mol. The molecule has 0 saturated carbocycles. The van der Waals surface area contributed by atoms with Gasteiger partial charge in [0.1, 0.15) is 0 Å². The summed E-state index contributed by atoms with van der Waals surface area (Å²) in [7, 11) is 0. The van der Waals surface area contributed by atoms with Gasteiger partial charge in [-0.3, -0.25) is 0 Å². The third kappa shape index (κ3) is 3.74. The van der Waals surface area contributed by atoms with Crippen molar-refractivity contribution in [2.75, 3.05) is 13.1 Å². The Morgan fingerprint density at radius 1 is 0.655 bits per heavy atom. The van der Waals surface area contributed by atoms with Gasteiger partial charge >= 0.3 is 0 Å². The van der Waals surface area contributed by atoms with E-state index in [9.17, 15) is 0 Å². The molecule has 6 rings (SSSR count). The molecule has 3 aliphatic heterocycles. The minimum atomic E-state index is -0.105. The number of piperidine rings is 3. The molecule has 3 aliphatic rings. The van der Waals surface area contributed by atoms with Gasteiger partial charge < -0.3 is 4.90 Å². The van der Waals surface area contributed by atoms with Gasteiger partial charge in [-0.1, -0.05) is 91.0 Å². The summed E-state index contributed by atoms with van der Waals surface area (Å²) in [6.45, 7) is 2.56. The third-order valence-corrected chi connectivity index (χ3v) is 7.11. The molecule has 3 heterocycles. The van der Waals surface area contributed by atoms with E-state index in [4.69, 9.17) is 0 Å². The van der Waals surface area contributed by atoms with E-state index in [1.165, 1.54) is 49.0 Å². The van der Waals surface area contributed by atoms with Crippen LogP contribution in [0.15, 0.2) is 91.0 Å². The fourth-order valence-corrected chi connectivity index (χ4v) is 5.68. The van der Waals surface area contributed by atoms with Crippen LogP contribution in [0.4, 0.5) is 0 Å². The van der Waals surface area contributed by atoms with Crippen LogP contribution in [0.3, 0.4) is 0 Å². The topological polar surface area (TPSA) is 3.24 Å². The second kappa shape index (κ2) is 8.73. The molecule has 3 aromatic rings. The lowest BCUT2D eigenvalue weighted by Crippen LogP contribution is -2.51. The molecule has 0 aliphatic carbocycles. The molecule has 2 bridgehead atoms. The number of rotatable bonds is 5. The quantitative estimate of drug-likeness (QED) is 0.450. The van der Waals surface area contributed by atoms with Gasteiger partial charge in [-0.05, 0) is 61.4 Å². The molecule has 0 N–H and O–H groups in total. The lowest BCUT2D eigenvalue weighted by atomic mass is 9.64. The average Bonchev–Trinajstić information content (AvgIpc) is 2.80. The van der Waals surface area contributed by atoms with Crippen LogP contribution < -0.4 is 0 Å². The van der Waals surface area contributed by atoms with Crippen LogP contribution in [0, 0.1) is 5.92 Å². The maximum atomic E-state index is 2.77. The molecule has 29 heavy (non-hydrogen) atoms. The Bertz CT molecular complexity index is 789. The second-order valence-electron chi connectivity index (χ2n) is 8.58. The summed E-state index contributed by atoms with van der Waals surface area (Å²) in [4.78, 5) is 2.77. The maximum Gasteiger partial charge on any atom is 0.0466 e. The van der Waals surface area contributed by atoms with Gasteiger partial charge in [0.2, 0.25) is 0 Å². The predicted octanol–water partition coefficient (Wildman–Crippen LogP) is 6.32. The van der Waals surface area contributed by atoms with Gasteiger partial charge in [0.05, 0.1) is 0 Å². The molecule has 0 aromatic heterocycles. The van der Waals surface area contributed by atoms with Crippen LogP contribution in [0.25, 0.3) is 0 Å². The van der Waals surface area contributed by atoms with E-state index < -0.39 is 0 Å². The van der Waals surface area contributed by atoms with Crippen molar-refractivity contribution < 1.29 is 0 Å². The average molecular weight is 404 g/mol. The zero-order chi connectivity index (χ0) is 18.8. The molecule has 0 spiro atoms. The second-order valence-corrected chi connectivity index (χ2v) is 8.58. The molecule has 150 valence electrons. The molecule has 0 amide bonds. The van der Waals surface area contributed by atoms with E-state index >= 15 is 0 Å². The third-order valence-electron chi connectivity index (χ3n) is 7.11. The first-order valence-corrected chi connectivity index (χ1v) is 10.8. The normalized spacial score (nSPS) is 23.4. The summed E-state index contributed by atoms with van der Waals surface area (Å²) in [5.41, 5.74) is 4.13. The highest BCUT2D eigenvalue weighted by atomic mass is 35.5. The smallest absolute Gasteiger partial charge is 0.0466 e. The summed E-state index contributed by atoms with van der Waals surface area (Å²) >= 11 is 0. The van der Waals surface area contributed by atoms with Crippen LogP contribution in [0.2, 0.25) is 0 Å². The molecule has 3 saturated heterocycles. The first kappa shape index (κ1) is 20.2. The van der Waals surface area contributed by atoms with Crippen LogP contribution in [0.1, 0.15) is 42.4 Å². The van der Waals surface area contributed by atoms with E-state index in [0.29, 0.717) is 6.04 Å². The Labute approximate surface area is 181 Å². The van der Waals surface area contributed by atoms with Crippen molar-refractivity contribution in [3.05, 3.63) is 108 Å². The Kier molecular flexibility index (Phi) is 6.08. The number of fused-ring (bicyclic) bond motifs is 3. The minimum absolute atomic E-state index is 0. The van der Waals surface area contributed by atoms with E-state index in [1.54, 1.807) is 0 Å². The number of hydrogen-bond donors (Lipinski definition) is 0. The number of nitrogens with zero attached hydrogens (tertiary/aromatic N) is 1. The molecule has 1 nitrogen and oxygen atoms in total. The molecule has 3 fully saturated rings. The van der Waals surface area contributed by atoms with E-state index in [-0.39, 0.29) is 17.8 Å². The fraction of sp³-hybridized carbons (Fsp3) is 0.333. The largest absolute Gasteiger partial charge is 0.300 e. The van der Waals surface area contributed by atoms with Gasteiger partial charge in [-0.15, -0.1) is 12.4 Å². The summed E-state index contributed by atoms with van der Waals surface area (Å²) in [6.07, 6.45) is 5.30. The van der Waals surface area contributed by atoms with Crippen molar-refractivity contribution in [1.29, 1.82) is 0 Å².